The van der Waals surface area contributed by atoms with Gasteiger partial charge in [0.1, 0.15) is 0 Å². The maximum atomic E-state index is 14.8. The second-order valence-corrected chi connectivity index (χ2v) is 13.9. The number of amides is 2. The van der Waals surface area contributed by atoms with Crippen LogP contribution in [-0.2, 0) is 20.4 Å². The van der Waals surface area contributed by atoms with E-state index in [0.717, 1.165) is 22.3 Å². The summed E-state index contributed by atoms with van der Waals surface area (Å²) in [5.41, 5.74) is 6.29. The Bertz CT molecular complexity index is 2370. The molecule has 8 heteroatoms. The first-order chi connectivity index (χ1) is 27.7. The largest absolute Gasteiger partial charge is 2.00 e. The Kier molecular flexibility index (Phi) is 12.5. The molecule has 0 fully saturated rings. The van der Waals surface area contributed by atoms with Crippen LogP contribution < -0.4 is 17.0 Å². The molecular weight excluding hydrogens is 875 g/mol. The average molecular weight is 912 g/mol. The van der Waals surface area contributed by atoms with Gasteiger partial charge in [-0.15, -0.1) is 24.3 Å². The van der Waals surface area contributed by atoms with E-state index in [1.165, 1.54) is 0 Å². The van der Waals surface area contributed by atoms with E-state index in [1.807, 2.05) is 161 Å². The van der Waals surface area contributed by atoms with Gasteiger partial charge in [-0.05, 0) is 46.5 Å². The number of amidine groups is 2. The van der Waals surface area contributed by atoms with E-state index < -0.39 is 12.1 Å². The van der Waals surface area contributed by atoms with E-state index in [1.54, 1.807) is 0 Å². The third-order valence-electron chi connectivity index (χ3n) is 10.5. The molecule has 7 aromatic carbocycles. The third kappa shape index (κ3) is 7.79. The number of nitrogens with zero attached hydrogens (tertiary/aromatic N) is 4. The topological polar surface area (TPSA) is 65.3 Å². The van der Waals surface area contributed by atoms with E-state index in [4.69, 9.17) is 9.98 Å². The van der Waals surface area contributed by atoms with Crippen LogP contribution in [-0.4, -0.2) is 33.3 Å². The van der Waals surface area contributed by atoms with Crippen LogP contribution in [0.15, 0.2) is 210 Å². The van der Waals surface area contributed by atoms with Crippen molar-refractivity contribution in [2.45, 2.75) is 24.2 Å². The Morgan fingerprint density at radius 3 is 1.02 bits per heavy atom. The van der Waals surface area contributed by atoms with Crippen LogP contribution in [0, 0.1) is 6.07 Å². The van der Waals surface area contributed by atoms with Crippen molar-refractivity contribution in [3.63, 3.8) is 0 Å². The molecule has 0 unspecified atom stereocenters. The van der Waals surface area contributed by atoms with Crippen LogP contribution >= 0.6 is 0 Å². The summed E-state index contributed by atoms with van der Waals surface area (Å²) in [7, 11) is 0. The molecule has 6 nitrogen and oxygen atoms in total. The number of benzene rings is 7. The van der Waals surface area contributed by atoms with Gasteiger partial charge in [0.15, 0.2) is 0 Å². The molecule has 7 aromatic rings. The van der Waals surface area contributed by atoms with Gasteiger partial charge in [-0.25, -0.2) is 0 Å². The first kappa shape index (κ1) is 40.2. The number of carbonyl (C=O) groups is 2. The molecule has 0 saturated carbocycles. The van der Waals surface area contributed by atoms with E-state index >= 15 is 0 Å². The third-order valence-corrected chi connectivity index (χ3v) is 10.5. The molecule has 9 rings (SSSR count). The normalized spacial score (nSPS) is 18.3. The van der Waals surface area contributed by atoms with Gasteiger partial charge in [-0.2, -0.15) is 0 Å². The Labute approximate surface area is 363 Å². The van der Waals surface area contributed by atoms with Crippen LogP contribution in [0.25, 0.3) is 0 Å². The maximum absolute atomic E-state index is 14.8. The molecule has 2 heterocycles. The zero-order valence-electron chi connectivity index (χ0n) is 31.2. The van der Waals surface area contributed by atoms with Crippen molar-refractivity contribution < 1.29 is 47.0 Å². The van der Waals surface area contributed by atoms with Crippen molar-refractivity contribution in [3.8, 4) is 0 Å². The van der Waals surface area contributed by atoms with Crippen LogP contribution in [0.4, 0.5) is 0 Å². The summed E-state index contributed by atoms with van der Waals surface area (Å²) >= 11 is 0. The molecule has 2 amide bonds. The van der Waals surface area contributed by atoms with Gasteiger partial charge < -0.3 is 26.8 Å². The minimum Gasteiger partial charge on any atom is -1.00 e. The predicted molar refractivity (Wildman–Crippen MR) is 220 cm³/mol. The Morgan fingerprint density at radius 1 is 0.397 bits per heavy atom. The van der Waals surface area contributed by atoms with Gasteiger partial charge in [0.2, 0.25) is 0 Å². The molecule has 0 N–H and O–H groups in total. The molecule has 0 aliphatic carbocycles. The number of halogens is 1. The van der Waals surface area contributed by atoms with E-state index in [9.17, 15) is 9.59 Å². The summed E-state index contributed by atoms with van der Waals surface area (Å²) in [6.07, 6.45) is 0. The first-order valence-electron chi connectivity index (χ1n) is 18.8. The first-order valence-corrected chi connectivity index (χ1v) is 18.8. The van der Waals surface area contributed by atoms with Crippen molar-refractivity contribution in [2.75, 3.05) is 0 Å². The van der Waals surface area contributed by atoms with E-state index in [-0.39, 0.29) is 61.3 Å². The van der Waals surface area contributed by atoms with Gasteiger partial charge in [0, 0.05) is 11.1 Å². The number of hydrogen-bond donors (Lipinski definition) is 0. The van der Waals surface area contributed by atoms with Gasteiger partial charge >= 0.3 is 20.4 Å². The SMILES string of the molecule is O=C(c1ccccc1)N1C(c2[c-]c(C3=N[C@H](c4ccccc4)[C@@H](c4ccccc4)N3C(=O)c3ccccc3)ccc2)=N[C@H](c2ccccc2)[C@H]1c1ccccc1.[Br-].[Pd+2]. The van der Waals surface area contributed by atoms with Gasteiger partial charge in [-0.1, -0.05) is 169 Å². The summed E-state index contributed by atoms with van der Waals surface area (Å²) in [6.45, 7) is 0. The van der Waals surface area contributed by atoms with Crippen LogP contribution in [0.1, 0.15) is 78.3 Å². The fraction of sp³-hybridized carbons (Fsp3) is 0.0800. The summed E-state index contributed by atoms with van der Waals surface area (Å²) in [5, 5.41) is 0. The minimum absolute atomic E-state index is 0. The number of carbonyl (C=O) groups excluding carboxylic acids is 2. The molecule has 0 saturated heterocycles. The molecule has 4 atom stereocenters. The van der Waals surface area contributed by atoms with Crippen molar-refractivity contribution in [1.82, 2.24) is 9.80 Å². The second-order valence-electron chi connectivity index (χ2n) is 13.9. The van der Waals surface area contributed by atoms with E-state index in [0.29, 0.717) is 33.9 Å². The van der Waals surface area contributed by atoms with Crippen molar-refractivity contribution >= 4 is 23.5 Å². The average Bonchev–Trinajstić information content (AvgIpc) is 3.89. The quantitative estimate of drug-likeness (QED) is 0.119. The summed E-state index contributed by atoms with van der Waals surface area (Å²) in [6, 6.07) is 66.9. The Hall–Kier alpha value is -6.04. The minimum atomic E-state index is -0.428. The van der Waals surface area contributed by atoms with Crippen molar-refractivity contribution in [2.24, 2.45) is 9.98 Å². The summed E-state index contributed by atoms with van der Waals surface area (Å²) < 4.78 is 0. The molecule has 0 spiro atoms. The molecule has 286 valence electrons. The van der Waals surface area contributed by atoms with Crippen molar-refractivity contribution in [1.29, 1.82) is 0 Å². The van der Waals surface area contributed by atoms with Gasteiger partial charge in [-0.3, -0.25) is 19.6 Å². The maximum Gasteiger partial charge on any atom is 2.00 e. The molecule has 0 radical (unpaired) electrons. The summed E-state index contributed by atoms with van der Waals surface area (Å²) in [4.78, 5) is 44.0. The molecule has 0 aromatic heterocycles. The predicted octanol–water partition coefficient (Wildman–Crippen LogP) is 7.26. The van der Waals surface area contributed by atoms with Crippen LogP contribution in [0.2, 0.25) is 0 Å². The second kappa shape index (κ2) is 18.0. The smallest absolute Gasteiger partial charge is 1.00 e. The van der Waals surface area contributed by atoms with Gasteiger partial charge in [0.05, 0.1) is 35.8 Å². The Balaban J connectivity index is 0.00000256. The Morgan fingerprint density at radius 2 is 0.690 bits per heavy atom. The molecule has 0 bridgehead atoms. The molecule has 58 heavy (non-hydrogen) atoms. The standard InChI is InChI=1S/C50H37N4O2.BrH.Pd/c55-49(39-28-15-5-16-29-39)53-45(37-24-11-3-12-25-37)43(35-20-7-1-8-21-35)51-47(53)41-32-19-33-42(34-41)48-52-44(36-22-9-2-10-23-36)46(38-26-13-4-14-27-38)54(48)50(56)40-30-17-6-18-31-40;;/h1-33,43-46H;1H;/q-1;;+2/p-1/t43-,44-,45-,46-;;/m1../s1. The van der Waals surface area contributed by atoms with Crippen molar-refractivity contribution in [3.05, 3.63) is 251 Å². The summed E-state index contributed by atoms with van der Waals surface area (Å²) in [5.74, 6) is 0.676. The number of rotatable bonds is 8. The van der Waals surface area contributed by atoms with Gasteiger partial charge in [0.25, 0.3) is 11.8 Å². The molecular formula is C50H37BrN4O2Pd. The fourth-order valence-electron chi connectivity index (χ4n) is 7.87. The zero-order valence-corrected chi connectivity index (χ0v) is 34.3. The monoisotopic (exact) mass is 910 g/mol. The number of aliphatic imine (C=N–C) groups is 2. The molecule has 2 aliphatic heterocycles. The molecule has 2 aliphatic rings. The van der Waals surface area contributed by atoms with Crippen LogP contribution in [0.3, 0.4) is 0 Å². The zero-order chi connectivity index (χ0) is 37.8. The fourth-order valence-corrected chi connectivity index (χ4v) is 7.87. The van der Waals surface area contributed by atoms with E-state index in [2.05, 4.69) is 54.6 Å². The number of hydrogen-bond acceptors (Lipinski definition) is 4. The van der Waals surface area contributed by atoms with Crippen LogP contribution in [0.5, 0.6) is 0 Å².